The van der Waals surface area contributed by atoms with Gasteiger partial charge in [-0.1, -0.05) is 18.2 Å². The fraction of sp³-hybridized carbons (Fsp3) is 0.150. The lowest BCUT2D eigenvalue weighted by molar-refractivity contribution is 0.340. The van der Waals surface area contributed by atoms with Gasteiger partial charge >= 0.3 is 0 Å². The molecule has 0 aliphatic rings. The maximum atomic E-state index is 13.4. The molecule has 0 aliphatic carbocycles. The Kier molecular flexibility index (Phi) is 4.79. The van der Waals surface area contributed by atoms with Crippen LogP contribution in [0.1, 0.15) is 6.92 Å². The van der Waals surface area contributed by atoms with Crippen LogP contribution in [-0.2, 0) is 0 Å². The fourth-order valence-corrected chi connectivity index (χ4v) is 3.70. The molecule has 0 bridgehead atoms. The minimum absolute atomic E-state index is 0.205. The van der Waals surface area contributed by atoms with Crippen LogP contribution in [0.5, 0.6) is 5.75 Å². The Morgan fingerprint density at radius 3 is 2.64 bits per heavy atom. The van der Waals surface area contributed by atoms with Crippen molar-refractivity contribution >= 4 is 28.6 Å². The maximum Gasteiger partial charge on any atom is 0.271 e. The van der Waals surface area contributed by atoms with E-state index in [4.69, 9.17) is 10.5 Å². The number of anilines is 1. The summed E-state index contributed by atoms with van der Waals surface area (Å²) < 4.78 is 7.08. The molecule has 0 unspecified atom stereocenters. The van der Waals surface area contributed by atoms with Gasteiger partial charge in [-0.05, 0) is 43.5 Å². The molecule has 0 saturated heterocycles. The molecule has 142 valence electrons. The van der Waals surface area contributed by atoms with E-state index in [1.54, 1.807) is 16.3 Å². The Hall–Kier alpha value is -3.26. The molecule has 2 aromatic carbocycles. The predicted octanol–water partition coefficient (Wildman–Crippen LogP) is 3.48. The third-order valence-corrected chi connectivity index (χ3v) is 5.17. The number of rotatable bonds is 5. The third kappa shape index (κ3) is 3.01. The number of nitrogens with zero attached hydrogens (tertiary/aromatic N) is 3. The molecule has 28 heavy (non-hydrogen) atoms. The van der Waals surface area contributed by atoms with Crippen molar-refractivity contribution in [3.05, 3.63) is 58.9 Å². The van der Waals surface area contributed by atoms with Gasteiger partial charge in [-0.2, -0.15) is 5.10 Å². The van der Waals surface area contributed by atoms with Crippen molar-refractivity contribution in [2.24, 2.45) is 0 Å². The summed E-state index contributed by atoms with van der Waals surface area (Å²) in [6, 6.07) is 15.2. The van der Waals surface area contributed by atoms with E-state index in [0.29, 0.717) is 23.8 Å². The number of ether oxygens (including phenoxy) is 1. The van der Waals surface area contributed by atoms with Gasteiger partial charge in [-0.15, -0.1) is 11.8 Å². The number of aromatic amines is 1. The number of H-pyrrole nitrogens is 1. The van der Waals surface area contributed by atoms with Gasteiger partial charge < -0.3 is 10.5 Å². The molecule has 2 heterocycles. The molecule has 0 amide bonds. The molecule has 0 fully saturated rings. The van der Waals surface area contributed by atoms with E-state index in [1.807, 2.05) is 61.7 Å². The number of fused-ring (bicyclic) bond motifs is 1. The van der Waals surface area contributed by atoms with E-state index in [2.05, 4.69) is 15.2 Å². The first-order chi connectivity index (χ1) is 13.6. The Labute approximate surface area is 165 Å². The van der Waals surface area contributed by atoms with Gasteiger partial charge in [0.25, 0.3) is 5.56 Å². The van der Waals surface area contributed by atoms with Gasteiger partial charge in [0.2, 0.25) is 0 Å². The van der Waals surface area contributed by atoms with Crippen LogP contribution < -0.4 is 16.0 Å². The van der Waals surface area contributed by atoms with Gasteiger partial charge in [0.15, 0.2) is 11.5 Å². The molecule has 3 N–H and O–H groups in total. The highest BCUT2D eigenvalue weighted by atomic mass is 32.2. The molecule has 0 aliphatic heterocycles. The number of hydrogen-bond donors (Lipinski definition) is 2. The lowest BCUT2D eigenvalue weighted by Crippen LogP contribution is -2.22. The van der Waals surface area contributed by atoms with Gasteiger partial charge in [0.05, 0.1) is 12.3 Å². The van der Waals surface area contributed by atoms with E-state index in [1.165, 1.54) is 0 Å². The monoisotopic (exact) mass is 393 g/mol. The van der Waals surface area contributed by atoms with Crippen molar-refractivity contribution in [3.63, 3.8) is 0 Å². The molecule has 2 aromatic heterocycles. The molecular weight excluding hydrogens is 374 g/mol. The summed E-state index contributed by atoms with van der Waals surface area (Å²) in [6.45, 7) is 2.50. The maximum absolute atomic E-state index is 13.4. The van der Waals surface area contributed by atoms with Crippen LogP contribution in [-0.4, -0.2) is 32.6 Å². The molecule has 0 spiro atoms. The van der Waals surface area contributed by atoms with E-state index in [0.717, 1.165) is 16.2 Å². The van der Waals surface area contributed by atoms with E-state index < -0.39 is 0 Å². The summed E-state index contributed by atoms with van der Waals surface area (Å²) >= 11 is 1.59. The number of thioether (sulfide) groups is 1. The van der Waals surface area contributed by atoms with Crippen LogP contribution >= 0.6 is 11.8 Å². The minimum atomic E-state index is -0.272. The molecule has 0 saturated carbocycles. The fourth-order valence-electron chi connectivity index (χ4n) is 3.10. The van der Waals surface area contributed by atoms with E-state index in [9.17, 15) is 4.79 Å². The lowest BCUT2D eigenvalue weighted by Gasteiger charge is -2.15. The quantitative estimate of drug-likeness (QED) is 0.504. The Morgan fingerprint density at radius 1 is 1.18 bits per heavy atom. The van der Waals surface area contributed by atoms with Crippen LogP contribution in [0.15, 0.2) is 58.2 Å². The third-order valence-electron chi connectivity index (χ3n) is 4.37. The van der Waals surface area contributed by atoms with Gasteiger partial charge in [0.1, 0.15) is 17.0 Å². The topological polar surface area (TPSA) is 98.8 Å². The van der Waals surface area contributed by atoms with Crippen molar-refractivity contribution in [3.8, 4) is 22.8 Å². The zero-order valence-electron chi connectivity index (χ0n) is 15.5. The molecular formula is C20H19N5O2S. The summed E-state index contributed by atoms with van der Waals surface area (Å²) in [5.41, 5.74) is 7.49. The molecule has 8 heteroatoms. The largest absolute Gasteiger partial charge is 0.494 e. The highest BCUT2D eigenvalue weighted by molar-refractivity contribution is 7.98. The number of aromatic nitrogens is 4. The van der Waals surface area contributed by atoms with Gasteiger partial charge in [0, 0.05) is 10.5 Å². The Bertz CT molecular complexity index is 1200. The van der Waals surface area contributed by atoms with Crippen LogP contribution in [0, 0.1) is 0 Å². The van der Waals surface area contributed by atoms with E-state index >= 15 is 0 Å². The van der Waals surface area contributed by atoms with Gasteiger partial charge in [-0.3, -0.25) is 14.5 Å². The zero-order chi connectivity index (χ0) is 19.7. The normalized spacial score (nSPS) is 11.1. The summed E-state index contributed by atoms with van der Waals surface area (Å²) in [5, 5.41) is 7.03. The standard InChI is InChI=1S/C20H19N5O2S/c1-3-27-13-10-8-12(9-11-13)25-19(14-6-4-5-7-15(14)28-2)22-18-16(20(25)26)17(21)23-24-18/h4-11H,3H2,1-2H3,(H3,21,23,24). The second-order valence-corrected chi connectivity index (χ2v) is 6.89. The number of nitrogens with one attached hydrogen (secondary N) is 1. The van der Waals surface area contributed by atoms with Crippen molar-refractivity contribution < 1.29 is 4.74 Å². The highest BCUT2D eigenvalue weighted by Gasteiger charge is 2.19. The minimum Gasteiger partial charge on any atom is -0.494 e. The number of nitrogen functional groups attached to an aromatic ring is 1. The molecule has 7 nitrogen and oxygen atoms in total. The van der Waals surface area contributed by atoms with Crippen molar-refractivity contribution in [1.29, 1.82) is 0 Å². The molecule has 0 radical (unpaired) electrons. The molecule has 4 aromatic rings. The second kappa shape index (κ2) is 7.40. The smallest absolute Gasteiger partial charge is 0.271 e. The average molecular weight is 393 g/mol. The summed E-state index contributed by atoms with van der Waals surface area (Å²) in [4.78, 5) is 19.0. The molecule has 4 rings (SSSR count). The van der Waals surface area contributed by atoms with E-state index in [-0.39, 0.29) is 16.8 Å². The summed E-state index contributed by atoms with van der Waals surface area (Å²) in [5.74, 6) is 1.46. The lowest BCUT2D eigenvalue weighted by atomic mass is 10.2. The number of benzene rings is 2. The van der Waals surface area contributed by atoms with Crippen molar-refractivity contribution in [2.45, 2.75) is 11.8 Å². The van der Waals surface area contributed by atoms with Crippen LogP contribution in [0.2, 0.25) is 0 Å². The Balaban J connectivity index is 2.03. The molecule has 0 atom stereocenters. The summed E-state index contributed by atoms with van der Waals surface area (Å²) in [7, 11) is 0. The van der Waals surface area contributed by atoms with Gasteiger partial charge in [-0.25, -0.2) is 4.98 Å². The second-order valence-electron chi connectivity index (χ2n) is 6.04. The first-order valence-corrected chi connectivity index (χ1v) is 9.99. The van der Waals surface area contributed by atoms with Crippen molar-refractivity contribution in [1.82, 2.24) is 19.7 Å². The first kappa shape index (κ1) is 18.1. The van der Waals surface area contributed by atoms with Crippen LogP contribution in [0.25, 0.3) is 28.1 Å². The summed E-state index contributed by atoms with van der Waals surface area (Å²) in [6.07, 6.45) is 1.99. The Morgan fingerprint density at radius 2 is 1.93 bits per heavy atom. The predicted molar refractivity (Wildman–Crippen MR) is 112 cm³/mol. The van der Waals surface area contributed by atoms with Crippen LogP contribution in [0.3, 0.4) is 0 Å². The van der Waals surface area contributed by atoms with Crippen LogP contribution in [0.4, 0.5) is 5.82 Å². The number of hydrogen-bond acceptors (Lipinski definition) is 6. The van der Waals surface area contributed by atoms with Crippen molar-refractivity contribution in [2.75, 3.05) is 18.6 Å². The highest BCUT2D eigenvalue weighted by Crippen LogP contribution is 2.31. The number of nitrogens with two attached hydrogens (primary N) is 1. The zero-order valence-corrected chi connectivity index (χ0v) is 16.3. The SMILES string of the molecule is CCOc1ccc(-n2c(-c3ccccc3SC)nc3n[nH]c(N)c3c2=O)cc1. The average Bonchev–Trinajstić information content (AvgIpc) is 3.10. The first-order valence-electron chi connectivity index (χ1n) is 8.77.